The second-order valence-corrected chi connectivity index (χ2v) is 6.62. The summed E-state index contributed by atoms with van der Waals surface area (Å²) in [6.07, 6.45) is 0. The maximum Gasteiger partial charge on any atom is 0.228 e. The standard InChI is InChI=1S/C13H16N4OS2/c1-8(9(2)14)12(18)16-10-3-5-11(6-4-10)20-13-17-15-7-19-13/h3-9H,14H2,1-2H3,(H,16,18). The molecule has 7 heteroatoms. The normalized spacial score (nSPS) is 13.8. The number of hydrogen-bond donors (Lipinski definition) is 2. The fourth-order valence-corrected chi connectivity index (χ4v) is 2.86. The second kappa shape index (κ2) is 6.83. The molecule has 106 valence electrons. The van der Waals surface area contributed by atoms with Crippen molar-refractivity contribution in [3.8, 4) is 0 Å². The molecule has 2 unspecified atom stereocenters. The van der Waals surface area contributed by atoms with E-state index in [0.717, 1.165) is 14.9 Å². The SMILES string of the molecule is CC(N)C(C)C(=O)Nc1ccc(Sc2nncs2)cc1. The topological polar surface area (TPSA) is 80.9 Å². The van der Waals surface area contributed by atoms with Crippen LogP contribution in [0.5, 0.6) is 0 Å². The Morgan fingerprint density at radius 3 is 2.60 bits per heavy atom. The summed E-state index contributed by atoms with van der Waals surface area (Å²) >= 11 is 3.04. The Balaban J connectivity index is 1.96. The van der Waals surface area contributed by atoms with E-state index in [2.05, 4.69) is 15.5 Å². The fourth-order valence-electron chi connectivity index (χ4n) is 1.41. The summed E-state index contributed by atoms with van der Waals surface area (Å²) in [7, 11) is 0. The zero-order chi connectivity index (χ0) is 14.5. The van der Waals surface area contributed by atoms with Crippen LogP contribution in [0.1, 0.15) is 13.8 Å². The Kier molecular flexibility index (Phi) is 5.11. The molecule has 20 heavy (non-hydrogen) atoms. The summed E-state index contributed by atoms with van der Waals surface area (Å²) < 4.78 is 0.896. The van der Waals surface area contributed by atoms with Gasteiger partial charge in [0, 0.05) is 16.6 Å². The van der Waals surface area contributed by atoms with Gasteiger partial charge in [0.15, 0.2) is 4.34 Å². The van der Waals surface area contributed by atoms with E-state index in [-0.39, 0.29) is 17.9 Å². The van der Waals surface area contributed by atoms with Crippen molar-refractivity contribution in [2.75, 3.05) is 5.32 Å². The van der Waals surface area contributed by atoms with Gasteiger partial charge in [-0.1, -0.05) is 30.0 Å². The number of aromatic nitrogens is 2. The maximum atomic E-state index is 11.9. The van der Waals surface area contributed by atoms with Gasteiger partial charge in [-0.15, -0.1) is 10.2 Å². The summed E-state index contributed by atoms with van der Waals surface area (Å²) in [5.41, 5.74) is 8.18. The molecular formula is C13H16N4OS2. The molecule has 0 aliphatic carbocycles. The third-order valence-electron chi connectivity index (χ3n) is 2.87. The molecule has 0 aliphatic heterocycles. The molecule has 1 aromatic carbocycles. The molecule has 3 N–H and O–H groups in total. The zero-order valence-corrected chi connectivity index (χ0v) is 12.9. The highest BCUT2D eigenvalue weighted by Crippen LogP contribution is 2.29. The zero-order valence-electron chi connectivity index (χ0n) is 11.2. The van der Waals surface area contributed by atoms with Gasteiger partial charge in [0.25, 0.3) is 0 Å². The minimum absolute atomic E-state index is 0.0653. The van der Waals surface area contributed by atoms with Crippen LogP contribution in [0.3, 0.4) is 0 Å². The van der Waals surface area contributed by atoms with E-state index in [1.54, 1.807) is 17.3 Å². The Bertz CT molecular complexity index is 554. The van der Waals surface area contributed by atoms with Gasteiger partial charge in [0.05, 0.1) is 5.92 Å². The van der Waals surface area contributed by atoms with Crippen molar-refractivity contribution in [2.24, 2.45) is 11.7 Å². The van der Waals surface area contributed by atoms with Gasteiger partial charge in [0.1, 0.15) is 5.51 Å². The van der Waals surface area contributed by atoms with E-state index in [4.69, 9.17) is 5.73 Å². The van der Waals surface area contributed by atoms with E-state index in [1.165, 1.54) is 11.3 Å². The Labute approximate surface area is 126 Å². The first-order valence-electron chi connectivity index (χ1n) is 6.17. The first-order valence-corrected chi connectivity index (χ1v) is 7.86. The van der Waals surface area contributed by atoms with Crippen molar-refractivity contribution in [1.29, 1.82) is 0 Å². The number of hydrogen-bond acceptors (Lipinski definition) is 6. The van der Waals surface area contributed by atoms with Crippen molar-refractivity contribution in [3.05, 3.63) is 29.8 Å². The van der Waals surface area contributed by atoms with Crippen LogP contribution in [0.2, 0.25) is 0 Å². The molecule has 1 aromatic heterocycles. The van der Waals surface area contributed by atoms with Gasteiger partial charge in [-0.2, -0.15) is 0 Å². The Morgan fingerprint density at radius 1 is 1.35 bits per heavy atom. The lowest BCUT2D eigenvalue weighted by molar-refractivity contribution is -0.119. The molecule has 0 radical (unpaired) electrons. The number of nitrogens with zero attached hydrogens (tertiary/aromatic N) is 2. The molecule has 5 nitrogen and oxygen atoms in total. The number of amides is 1. The van der Waals surface area contributed by atoms with E-state index in [1.807, 2.05) is 38.1 Å². The monoisotopic (exact) mass is 308 g/mol. The number of nitrogens with two attached hydrogens (primary N) is 1. The molecule has 0 fully saturated rings. The number of benzene rings is 1. The van der Waals surface area contributed by atoms with Crippen molar-refractivity contribution in [1.82, 2.24) is 10.2 Å². The number of anilines is 1. The van der Waals surface area contributed by atoms with Gasteiger partial charge in [0.2, 0.25) is 5.91 Å². The lowest BCUT2D eigenvalue weighted by Crippen LogP contribution is -2.34. The average Bonchev–Trinajstić information content (AvgIpc) is 2.92. The largest absolute Gasteiger partial charge is 0.327 e. The fraction of sp³-hybridized carbons (Fsp3) is 0.308. The molecule has 0 saturated carbocycles. The minimum atomic E-state index is -0.217. The number of nitrogens with one attached hydrogen (secondary N) is 1. The molecule has 2 rings (SSSR count). The van der Waals surface area contributed by atoms with Crippen LogP contribution in [-0.4, -0.2) is 22.1 Å². The molecule has 0 bridgehead atoms. The predicted molar refractivity (Wildman–Crippen MR) is 81.9 cm³/mol. The summed E-state index contributed by atoms with van der Waals surface area (Å²) in [4.78, 5) is 12.9. The van der Waals surface area contributed by atoms with Crippen LogP contribution in [-0.2, 0) is 4.79 Å². The minimum Gasteiger partial charge on any atom is -0.327 e. The van der Waals surface area contributed by atoms with E-state index in [0.29, 0.717) is 0 Å². The van der Waals surface area contributed by atoms with Crippen LogP contribution in [0.15, 0.2) is 39.0 Å². The van der Waals surface area contributed by atoms with Crippen molar-refractivity contribution in [2.45, 2.75) is 29.1 Å². The Hall–Kier alpha value is -1.44. The van der Waals surface area contributed by atoms with Crippen molar-refractivity contribution < 1.29 is 4.79 Å². The predicted octanol–water partition coefficient (Wildman–Crippen LogP) is 2.61. The molecule has 2 aromatic rings. The van der Waals surface area contributed by atoms with Gasteiger partial charge >= 0.3 is 0 Å². The highest BCUT2D eigenvalue weighted by Gasteiger charge is 2.16. The summed E-state index contributed by atoms with van der Waals surface area (Å²) in [6, 6.07) is 7.46. The summed E-state index contributed by atoms with van der Waals surface area (Å²) in [5, 5.41) is 10.6. The lowest BCUT2D eigenvalue weighted by atomic mass is 10.0. The smallest absolute Gasteiger partial charge is 0.228 e. The molecule has 0 spiro atoms. The van der Waals surface area contributed by atoms with Gasteiger partial charge in [-0.3, -0.25) is 4.79 Å². The highest BCUT2D eigenvalue weighted by molar-refractivity contribution is 8.01. The summed E-state index contributed by atoms with van der Waals surface area (Å²) in [5.74, 6) is -0.282. The third-order valence-corrected chi connectivity index (χ3v) is 4.66. The van der Waals surface area contributed by atoms with Crippen LogP contribution in [0.25, 0.3) is 0 Å². The molecule has 1 heterocycles. The van der Waals surface area contributed by atoms with Crippen molar-refractivity contribution in [3.63, 3.8) is 0 Å². The molecule has 1 amide bonds. The first kappa shape index (κ1) is 15.0. The quantitative estimate of drug-likeness (QED) is 0.887. The first-order chi connectivity index (χ1) is 9.56. The second-order valence-electron chi connectivity index (χ2n) is 4.47. The van der Waals surface area contributed by atoms with Gasteiger partial charge < -0.3 is 11.1 Å². The van der Waals surface area contributed by atoms with Crippen LogP contribution < -0.4 is 11.1 Å². The van der Waals surface area contributed by atoms with Gasteiger partial charge in [-0.25, -0.2) is 0 Å². The van der Waals surface area contributed by atoms with E-state index in [9.17, 15) is 4.79 Å². The molecule has 0 saturated heterocycles. The van der Waals surface area contributed by atoms with Crippen LogP contribution >= 0.6 is 23.1 Å². The maximum absolute atomic E-state index is 11.9. The lowest BCUT2D eigenvalue weighted by Gasteiger charge is -2.15. The van der Waals surface area contributed by atoms with Crippen molar-refractivity contribution >= 4 is 34.7 Å². The third kappa shape index (κ3) is 4.03. The number of rotatable bonds is 5. The average molecular weight is 308 g/mol. The van der Waals surface area contributed by atoms with E-state index >= 15 is 0 Å². The van der Waals surface area contributed by atoms with E-state index < -0.39 is 0 Å². The molecule has 0 aliphatic rings. The highest BCUT2D eigenvalue weighted by atomic mass is 32.2. The van der Waals surface area contributed by atoms with Crippen LogP contribution in [0, 0.1) is 5.92 Å². The van der Waals surface area contributed by atoms with Gasteiger partial charge in [-0.05, 0) is 31.2 Å². The van der Waals surface area contributed by atoms with Crippen LogP contribution in [0.4, 0.5) is 5.69 Å². The summed E-state index contributed by atoms with van der Waals surface area (Å²) in [6.45, 7) is 3.64. The molecule has 2 atom stereocenters. The molecular weight excluding hydrogens is 292 g/mol. The number of carbonyl (C=O) groups excluding carboxylic acids is 1. The Morgan fingerprint density at radius 2 is 2.05 bits per heavy atom. The number of carbonyl (C=O) groups is 1.